The molecule has 0 saturated heterocycles. The molecule has 10 nitrogen and oxygen atoms in total. The minimum Gasteiger partial charge on any atom is -0.508 e. The van der Waals surface area contributed by atoms with Crippen molar-refractivity contribution in [3.8, 4) is 46.0 Å². The summed E-state index contributed by atoms with van der Waals surface area (Å²) in [5.74, 6) is 9.93. The summed E-state index contributed by atoms with van der Waals surface area (Å²) in [5, 5.41) is 45.9. The molecule has 0 aromatic heterocycles. The standard InChI is InChI=1S/C26H36O3.C20H32O2.5C10H14O/c1-4-20(2)24-11-8-12-26(19-24)29-21(3)27-17-18-28-25-15-13-23(14-16-25)22-9-6-5-7-10-22;1-4-16(2)19-11-8-12-20(15-19)22-17(3)21-14-13-18-9-6-5-7-10-18;1-3-8(2)9-4-6-10(11)7-5-9;3*1-3-8(2)9-5-4-6-10(11)7-9;1-3-8(2)9-6-4-5-7-10(9)11/h8,11-16,19-22H,4-7,9-10,17-18H2,1-3H3;8,11-12,15-18H,4-7,9-10,13-14H2,1-3H3;5*4-8,11H,3H2,1-2H3. The quantitative estimate of drug-likeness (QED) is 0.0237. The average molecular weight is 1450 g/mol. The summed E-state index contributed by atoms with van der Waals surface area (Å²) < 4.78 is 29.3. The van der Waals surface area contributed by atoms with Gasteiger partial charge in [0, 0.05) is 0 Å². The van der Waals surface area contributed by atoms with E-state index in [2.05, 4.69) is 152 Å². The van der Waals surface area contributed by atoms with Gasteiger partial charge in [0.2, 0.25) is 0 Å². The molecule has 10 rings (SSSR count). The molecule has 0 radical (unpaired) electrons. The molecule has 10 heteroatoms. The van der Waals surface area contributed by atoms with Crippen molar-refractivity contribution in [3.05, 3.63) is 239 Å². The first kappa shape index (κ1) is 90.5. The molecule has 8 aromatic carbocycles. The molecular weight excluding hydrogens is 1310 g/mol. The summed E-state index contributed by atoms with van der Waals surface area (Å²) in [7, 11) is 0. The van der Waals surface area contributed by atoms with Crippen molar-refractivity contribution in [3.63, 3.8) is 0 Å². The highest BCUT2D eigenvalue weighted by Gasteiger charge is 2.18. The Morgan fingerprint density at radius 1 is 0.311 bits per heavy atom. The van der Waals surface area contributed by atoms with E-state index in [0.29, 0.717) is 83.4 Å². The van der Waals surface area contributed by atoms with Gasteiger partial charge in [-0.2, -0.15) is 0 Å². The van der Waals surface area contributed by atoms with Gasteiger partial charge in [-0.15, -0.1) is 0 Å². The summed E-state index contributed by atoms with van der Waals surface area (Å²) in [6.45, 7) is 36.2. The maximum Gasteiger partial charge on any atom is 0.197 e. The van der Waals surface area contributed by atoms with Crippen LogP contribution < -0.4 is 14.2 Å². The van der Waals surface area contributed by atoms with E-state index < -0.39 is 0 Å². The van der Waals surface area contributed by atoms with Gasteiger partial charge in [-0.1, -0.05) is 251 Å². The smallest absolute Gasteiger partial charge is 0.197 e. The molecule has 2 fully saturated rings. The monoisotopic (exact) mass is 1450 g/mol. The van der Waals surface area contributed by atoms with Gasteiger partial charge < -0.3 is 49.2 Å². The fourth-order valence-electron chi connectivity index (χ4n) is 12.6. The lowest BCUT2D eigenvalue weighted by Gasteiger charge is -2.22. The lowest BCUT2D eigenvalue weighted by molar-refractivity contribution is -0.0739. The second-order valence-corrected chi connectivity index (χ2v) is 29.4. The van der Waals surface area contributed by atoms with Crippen LogP contribution >= 0.6 is 0 Å². The average Bonchev–Trinajstić information content (AvgIpc) is 0.923. The molecule has 0 bridgehead atoms. The Kier molecular flexibility index (Phi) is 44.5. The van der Waals surface area contributed by atoms with E-state index in [1.54, 1.807) is 36.4 Å². The van der Waals surface area contributed by atoms with Crippen LogP contribution in [0.5, 0.6) is 46.0 Å². The molecule has 8 aromatic rings. The van der Waals surface area contributed by atoms with Gasteiger partial charge in [-0.25, -0.2) is 0 Å². The number of ether oxygens (including phenoxy) is 5. The van der Waals surface area contributed by atoms with E-state index in [4.69, 9.17) is 44.1 Å². The Labute approximate surface area is 642 Å². The topological polar surface area (TPSA) is 147 Å². The van der Waals surface area contributed by atoms with E-state index in [1.807, 2.05) is 117 Å². The zero-order valence-corrected chi connectivity index (χ0v) is 68.0. The second-order valence-electron chi connectivity index (χ2n) is 29.4. The van der Waals surface area contributed by atoms with Crippen molar-refractivity contribution in [1.29, 1.82) is 0 Å². The molecule has 2 aliphatic carbocycles. The van der Waals surface area contributed by atoms with Crippen LogP contribution in [0.3, 0.4) is 0 Å². The Bertz CT molecular complexity index is 3410. The summed E-state index contributed by atoms with van der Waals surface area (Å²) in [6, 6.07) is 62.7. The Balaban J connectivity index is 0.000000274. The van der Waals surface area contributed by atoms with Crippen LogP contribution in [0.2, 0.25) is 0 Å². The first-order valence-corrected chi connectivity index (χ1v) is 40.5. The first-order valence-electron chi connectivity index (χ1n) is 40.5. The van der Waals surface area contributed by atoms with Crippen molar-refractivity contribution in [2.75, 3.05) is 19.8 Å². The molecule has 2 saturated carbocycles. The normalized spacial score (nSPS) is 15.2. The third-order valence-electron chi connectivity index (χ3n) is 21.3. The summed E-state index contributed by atoms with van der Waals surface area (Å²) in [4.78, 5) is 0. The number of rotatable bonds is 28. The summed E-state index contributed by atoms with van der Waals surface area (Å²) in [6.07, 6.45) is 22.3. The number of phenols is 5. The van der Waals surface area contributed by atoms with Crippen LogP contribution in [0, 0.1) is 5.92 Å². The lowest BCUT2D eigenvalue weighted by atomic mass is 9.84. The van der Waals surface area contributed by atoms with Crippen LogP contribution in [0.15, 0.2) is 194 Å². The van der Waals surface area contributed by atoms with E-state index in [1.165, 1.54) is 110 Å². The fourth-order valence-corrected chi connectivity index (χ4v) is 12.6. The minimum atomic E-state index is -0.306. The van der Waals surface area contributed by atoms with Crippen LogP contribution in [-0.4, -0.2) is 57.9 Å². The maximum absolute atomic E-state index is 9.41. The fraction of sp³-hybridized carbons (Fsp3) is 0.500. The number of phenolic OH excluding ortho intramolecular Hbond substituents is 5. The Morgan fingerprint density at radius 2 is 0.679 bits per heavy atom. The Hall–Kier alpha value is -7.92. The molecule has 0 spiro atoms. The highest BCUT2D eigenvalue weighted by atomic mass is 16.7. The van der Waals surface area contributed by atoms with E-state index in [0.717, 1.165) is 86.2 Å². The zero-order valence-electron chi connectivity index (χ0n) is 68.0. The third-order valence-corrected chi connectivity index (χ3v) is 21.3. The number of aromatic hydroxyl groups is 5. The molecule has 0 heterocycles. The Morgan fingerprint density at radius 3 is 1.08 bits per heavy atom. The predicted octanol–water partition coefficient (Wildman–Crippen LogP) is 27.5. The van der Waals surface area contributed by atoms with Crippen molar-refractivity contribution in [2.45, 2.75) is 286 Å². The van der Waals surface area contributed by atoms with Gasteiger partial charge in [-0.05, 0) is 267 Å². The predicted molar refractivity (Wildman–Crippen MR) is 445 cm³/mol. The molecule has 0 amide bonds. The molecule has 106 heavy (non-hydrogen) atoms. The lowest BCUT2D eigenvalue weighted by Crippen LogP contribution is -2.20. The molecule has 9 atom stereocenters. The molecular formula is C96H138O10. The molecule has 582 valence electrons. The third kappa shape index (κ3) is 35.7. The van der Waals surface area contributed by atoms with Crippen LogP contribution in [0.4, 0.5) is 0 Å². The zero-order chi connectivity index (χ0) is 77.6. The van der Waals surface area contributed by atoms with Gasteiger partial charge in [0.1, 0.15) is 52.6 Å². The SMILES string of the molecule is CCC(C)c1ccc(O)cc1.CCC(C)c1cccc(O)c1.CCC(C)c1cccc(O)c1.CCC(C)c1cccc(O)c1.CCC(C)c1cccc(OC(C)OCCC2CCCCC2)c1.CCC(C)c1cccc(OC(C)OCCOc2ccc(C3CCCCC3)cc2)c1.CCC(C)c1ccccc1O. The van der Waals surface area contributed by atoms with Crippen molar-refractivity contribution >= 4 is 0 Å². The number of hydrogen-bond donors (Lipinski definition) is 5. The summed E-state index contributed by atoms with van der Waals surface area (Å²) in [5.41, 5.74) is 10.1. The van der Waals surface area contributed by atoms with Gasteiger partial charge in [-0.3, -0.25) is 0 Å². The molecule has 9 unspecified atom stereocenters. The van der Waals surface area contributed by atoms with E-state index in [-0.39, 0.29) is 12.6 Å². The maximum atomic E-state index is 9.41. The van der Waals surface area contributed by atoms with Gasteiger partial charge in [0.25, 0.3) is 0 Å². The van der Waals surface area contributed by atoms with Crippen molar-refractivity contribution in [1.82, 2.24) is 0 Å². The van der Waals surface area contributed by atoms with Crippen molar-refractivity contribution < 1.29 is 49.2 Å². The van der Waals surface area contributed by atoms with Gasteiger partial charge >= 0.3 is 0 Å². The number of hydrogen-bond acceptors (Lipinski definition) is 10. The van der Waals surface area contributed by atoms with Crippen LogP contribution in [0.25, 0.3) is 0 Å². The largest absolute Gasteiger partial charge is 0.508 e. The van der Waals surface area contributed by atoms with E-state index >= 15 is 0 Å². The molecule has 2 aliphatic rings. The van der Waals surface area contributed by atoms with Crippen LogP contribution in [-0.2, 0) is 9.47 Å². The highest BCUT2D eigenvalue weighted by molar-refractivity contribution is 5.36. The van der Waals surface area contributed by atoms with E-state index in [9.17, 15) is 5.11 Å². The van der Waals surface area contributed by atoms with Crippen LogP contribution in [0.1, 0.15) is 318 Å². The second kappa shape index (κ2) is 52.2. The summed E-state index contributed by atoms with van der Waals surface area (Å²) >= 11 is 0. The van der Waals surface area contributed by atoms with Gasteiger partial charge in [0.15, 0.2) is 12.6 Å². The first-order chi connectivity index (χ1) is 51.0. The number of benzene rings is 8. The number of para-hydroxylation sites is 1. The minimum absolute atomic E-state index is 0.171. The van der Waals surface area contributed by atoms with Crippen molar-refractivity contribution in [2.24, 2.45) is 5.92 Å². The molecule has 5 N–H and O–H groups in total. The van der Waals surface area contributed by atoms with Gasteiger partial charge in [0.05, 0.1) is 13.2 Å². The highest BCUT2D eigenvalue weighted by Crippen LogP contribution is 2.35. The molecule has 0 aliphatic heterocycles.